The van der Waals surface area contributed by atoms with E-state index in [0.717, 1.165) is 6.07 Å². The van der Waals surface area contributed by atoms with Crippen molar-refractivity contribution in [1.29, 1.82) is 0 Å². The molecule has 0 bridgehead atoms. The Morgan fingerprint density at radius 1 is 1.25 bits per heavy atom. The molecule has 1 aliphatic heterocycles. The molecule has 1 aliphatic rings. The number of nitrogens with one attached hydrogen (secondary N) is 1. The molecule has 1 N–H and O–H groups in total. The first kappa shape index (κ1) is 19.6. The Balaban J connectivity index is 1.48. The largest absolute Gasteiger partial charge is 0.482 e. The molecule has 2 aromatic carbocycles. The lowest BCUT2D eigenvalue weighted by molar-refractivity contribution is -0.147. The Labute approximate surface area is 165 Å². The molecule has 0 saturated heterocycles. The maximum atomic E-state index is 13.6. The lowest BCUT2D eigenvalue weighted by Gasteiger charge is -2.28. The van der Waals surface area contributed by atoms with Crippen molar-refractivity contribution in [2.75, 3.05) is 30.0 Å². The maximum absolute atomic E-state index is 13.6. The highest BCUT2D eigenvalue weighted by atomic mass is 35.5. The summed E-state index contributed by atoms with van der Waals surface area (Å²) in [6.07, 6.45) is -0.108. The first-order valence-corrected chi connectivity index (χ1v) is 8.74. The number of halogens is 2. The third kappa shape index (κ3) is 4.77. The highest BCUT2D eigenvalue weighted by molar-refractivity contribution is 6.30. The van der Waals surface area contributed by atoms with Gasteiger partial charge in [-0.2, -0.15) is 0 Å². The Morgan fingerprint density at radius 3 is 2.82 bits per heavy atom. The molecule has 0 saturated carbocycles. The standard InChI is InChI=1S/C19H16ClFN2O5/c20-12-5-6-14(13(21)9-12)22-17(24)10-28-19(26)7-8-23-15-3-1-2-4-16(15)27-11-18(23)25/h1-6,9H,7-8,10-11H2,(H,22,24). The van der Waals surface area contributed by atoms with Gasteiger partial charge in [-0.15, -0.1) is 0 Å². The maximum Gasteiger partial charge on any atom is 0.308 e. The molecule has 0 radical (unpaired) electrons. The Bertz CT molecular complexity index is 921. The van der Waals surface area contributed by atoms with Crippen molar-refractivity contribution < 1.29 is 28.2 Å². The van der Waals surface area contributed by atoms with Crippen molar-refractivity contribution in [3.05, 3.63) is 53.3 Å². The lowest BCUT2D eigenvalue weighted by atomic mass is 10.2. The number of benzene rings is 2. The summed E-state index contributed by atoms with van der Waals surface area (Å²) < 4.78 is 23.9. The number of para-hydroxylation sites is 2. The van der Waals surface area contributed by atoms with E-state index < -0.39 is 24.3 Å². The van der Waals surface area contributed by atoms with Crippen molar-refractivity contribution >= 4 is 40.8 Å². The summed E-state index contributed by atoms with van der Waals surface area (Å²) in [7, 11) is 0. The van der Waals surface area contributed by atoms with E-state index in [4.69, 9.17) is 21.1 Å². The van der Waals surface area contributed by atoms with Crippen molar-refractivity contribution in [3.8, 4) is 5.75 Å². The Hall–Kier alpha value is -3.13. The van der Waals surface area contributed by atoms with Crippen molar-refractivity contribution in [1.82, 2.24) is 0 Å². The van der Waals surface area contributed by atoms with E-state index in [9.17, 15) is 18.8 Å². The van der Waals surface area contributed by atoms with Gasteiger partial charge in [0, 0.05) is 11.6 Å². The summed E-state index contributed by atoms with van der Waals surface area (Å²) in [6, 6.07) is 10.8. The number of rotatable bonds is 6. The third-order valence-corrected chi connectivity index (χ3v) is 4.15. The summed E-state index contributed by atoms with van der Waals surface area (Å²) >= 11 is 5.64. The van der Waals surface area contributed by atoms with E-state index in [1.165, 1.54) is 17.0 Å². The van der Waals surface area contributed by atoms with Gasteiger partial charge in [0.05, 0.1) is 17.8 Å². The van der Waals surface area contributed by atoms with Crippen LogP contribution in [0.4, 0.5) is 15.8 Å². The fraction of sp³-hybridized carbons (Fsp3) is 0.211. The number of ether oxygens (including phenoxy) is 2. The third-order valence-electron chi connectivity index (χ3n) is 3.92. The molecule has 7 nitrogen and oxygen atoms in total. The average Bonchev–Trinajstić information content (AvgIpc) is 2.68. The van der Waals surface area contributed by atoms with Crippen molar-refractivity contribution in [3.63, 3.8) is 0 Å². The average molecular weight is 407 g/mol. The number of amides is 2. The fourth-order valence-electron chi connectivity index (χ4n) is 2.60. The van der Waals surface area contributed by atoms with E-state index in [-0.39, 0.29) is 36.2 Å². The quantitative estimate of drug-likeness (QED) is 0.746. The van der Waals surface area contributed by atoms with Crippen LogP contribution in [0.1, 0.15) is 6.42 Å². The number of fused-ring (bicyclic) bond motifs is 1. The summed E-state index contributed by atoms with van der Waals surface area (Å²) in [5.41, 5.74) is 0.503. The topological polar surface area (TPSA) is 84.9 Å². The molecule has 3 rings (SSSR count). The van der Waals surface area contributed by atoms with Crippen LogP contribution in [0.2, 0.25) is 5.02 Å². The van der Waals surface area contributed by atoms with Crippen LogP contribution in [0, 0.1) is 5.82 Å². The second-order valence-electron chi connectivity index (χ2n) is 5.88. The minimum atomic E-state index is -0.698. The van der Waals surface area contributed by atoms with Crippen LogP contribution in [0.3, 0.4) is 0 Å². The van der Waals surface area contributed by atoms with Crippen molar-refractivity contribution in [2.24, 2.45) is 0 Å². The van der Waals surface area contributed by atoms with E-state index in [2.05, 4.69) is 5.32 Å². The van der Waals surface area contributed by atoms with Gasteiger partial charge in [-0.3, -0.25) is 14.4 Å². The van der Waals surface area contributed by atoms with Gasteiger partial charge in [0.25, 0.3) is 11.8 Å². The predicted octanol–water partition coefficient (Wildman–Crippen LogP) is 2.78. The summed E-state index contributed by atoms with van der Waals surface area (Å²) in [4.78, 5) is 37.2. The molecule has 0 fully saturated rings. The number of esters is 1. The lowest BCUT2D eigenvalue weighted by Crippen LogP contribution is -2.40. The molecule has 0 spiro atoms. The van der Waals surface area contributed by atoms with Crippen molar-refractivity contribution in [2.45, 2.75) is 6.42 Å². The second-order valence-corrected chi connectivity index (χ2v) is 6.32. The van der Waals surface area contributed by atoms with E-state index >= 15 is 0 Å². The van der Waals surface area contributed by atoms with Gasteiger partial charge in [0.1, 0.15) is 11.6 Å². The fourth-order valence-corrected chi connectivity index (χ4v) is 2.76. The van der Waals surface area contributed by atoms with Gasteiger partial charge in [-0.05, 0) is 30.3 Å². The van der Waals surface area contributed by atoms with Gasteiger partial charge in [-0.1, -0.05) is 23.7 Å². The zero-order chi connectivity index (χ0) is 20.1. The molecule has 2 amide bonds. The highest BCUT2D eigenvalue weighted by Gasteiger charge is 2.25. The molecule has 0 aromatic heterocycles. The molecule has 2 aromatic rings. The molecule has 9 heteroatoms. The molecule has 28 heavy (non-hydrogen) atoms. The molecule has 0 atom stereocenters. The molecule has 1 heterocycles. The first-order valence-electron chi connectivity index (χ1n) is 8.37. The summed E-state index contributed by atoms with van der Waals surface area (Å²) in [5.74, 6) is -1.77. The monoisotopic (exact) mass is 406 g/mol. The number of hydrogen-bond donors (Lipinski definition) is 1. The van der Waals surface area contributed by atoms with Crippen LogP contribution in [0.5, 0.6) is 5.75 Å². The zero-order valence-electron chi connectivity index (χ0n) is 14.6. The molecule has 0 aliphatic carbocycles. The predicted molar refractivity (Wildman–Crippen MR) is 99.9 cm³/mol. The van der Waals surface area contributed by atoms with Crippen LogP contribution in [0.25, 0.3) is 0 Å². The summed E-state index contributed by atoms with van der Waals surface area (Å²) in [6.45, 7) is -0.596. The summed E-state index contributed by atoms with van der Waals surface area (Å²) in [5, 5.41) is 2.48. The van der Waals surface area contributed by atoms with Gasteiger partial charge >= 0.3 is 5.97 Å². The second kappa shape index (κ2) is 8.71. The number of carbonyl (C=O) groups is 3. The van der Waals surface area contributed by atoms with Gasteiger partial charge < -0.3 is 19.7 Å². The van der Waals surface area contributed by atoms with Crippen LogP contribution in [-0.4, -0.2) is 37.5 Å². The normalized spacial score (nSPS) is 12.8. The molecule has 0 unspecified atom stereocenters. The number of anilines is 2. The highest BCUT2D eigenvalue weighted by Crippen LogP contribution is 2.31. The molecular weight excluding hydrogens is 391 g/mol. The number of hydrogen-bond acceptors (Lipinski definition) is 5. The minimum Gasteiger partial charge on any atom is -0.482 e. The SMILES string of the molecule is O=C(COC(=O)CCN1C(=O)COc2ccccc21)Nc1ccc(Cl)cc1F. The Morgan fingerprint density at radius 2 is 2.04 bits per heavy atom. The number of carbonyl (C=O) groups excluding carboxylic acids is 3. The van der Waals surface area contributed by atoms with Crippen LogP contribution < -0.4 is 15.0 Å². The first-order chi connectivity index (χ1) is 13.4. The number of nitrogens with zero attached hydrogens (tertiary/aromatic N) is 1. The van der Waals surface area contributed by atoms with Crippen LogP contribution >= 0.6 is 11.6 Å². The van der Waals surface area contributed by atoms with Gasteiger partial charge in [0.2, 0.25) is 0 Å². The zero-order valence-corrected chi connectivity index (χ0v) is 15.4. The van der Waals surface area contributed by atoms with Gasteiger partial charge in [-0.25, -0.2) is 4.39 Å². The molecular formula is C19H16ClFN2O5. The van der Waals surface area contributed by atoms with E-state index in [1.54, 1.807) is 24.3 Å². The van der Waals surface area contributed by atoms with E-state index in [1.807, 2.05) is 0 Å². The van der Waals surface area contributed by atoms with Crippen LogP contribution in [-0.2, 0) is 19.1 Å². The van der Waals surface area contributed by atoms with Crippen LogP contribution in [0.15, 0.2) is 42.5 Å². The van der Waals surface area contributed by atoms with E-state index in [0.29, 0.717) is 11.4 Å². The minimum absolute atomic E-state index is 0.0685. The molecule has 146 valence electrons. The van der Waals surface area contributed by atoms with Gasteiger partial charge in [0.15, 0.2) is 13.2 Å². The smallest absolute Gasteiger partial charge is 0.308 e. The Kier molecular flexibility index (Phi) is 6.10.